The molecule has 0 aliphatic carbocycles. The van der Waals surface area contributed by atoms with Crippen molar-refractivity contribution in [3.63, 3.8) is 0 Å². The Morgan fingerprint density at radius 3 is 2.67 bits per heavy atom. The van der Waals surface area contributed by atoms with Crippen LogP contribution in [-0.2, 0) is 9.47 Å². The molecule has 0 aromatic rings. The quantitative estimate of drug-likeness (QED) is 0.565. The fourth-order valence-electron chi connectivity index (χ4n) is 3.68. The van der Waals surface area contributed by atoms with Gasteiger partial charge in [0.25, 0.3) is 0 Å². The third-order valence-corrected chi connectivity index (χ3v) is 5.03. The average molecular weight is 383 g/mol. The number of hydrogen-bond acceptors (Lipinski definition) is 4. The molecule has 2 heterocycles. The molecule has 1 atom stereocenters. The van der Waals surface area contributed by atoms with Crippen molar-refractivity contribution < 1.29 is 14.3 Å². The molecule has 0 aromatic heterocycles. The molecule has 1 N–H and O–H groups in total. The molecule has 0 aromatic carbocycles. The van der Waals surface area contributed by atoms with Crippen molar-refractivity contribution >= 4 is 12.1 Å². The van der Waals surface area contributed by atoms with Gasteiger partial charge in [0, 0.05) is 44.7 Å². The van der Waals surface area contributed by atoms with Crippen molar-refractivity contribution in [1.29, 1.82) is 0 Å². The maximum Gasteiger partial charge on any atom is 0.410 e. The van der Waals surface area contributed by atoms with Gasteiger partial charge in [-0.25, -0.2) is 4.79 Å². The van der Waals surface area contributed by atoms with Crippen LogP contribution in [0.5, 0.6) is 0 Å². The first-order chi connectivity index (χ1) is 12.8. The molecule has 2 aliphatic heterocycles. The fraction of sp³-hybridized carbons (Fsp3) is 0.900. The number of guanidine groups is 1. The van der Waals surface area contributed by atoms with Gasteiger partial charge in [-0.2, -0.15) is 0 Å². The Kier molecular flexibility index (Phi) is 7.77. The smallest absolute Gasteiger partial charge is 0.410 e. The maximum absolute atomic E-state index is 12.4. The van der Waals surface area contributed by atoms with E-state index >= 15 is 0 Å². The summed E-state index contributed by atoms with van der Waals surface area (Å²) < 4.78 is 11.2. The predicted molar refractivity (Wildman–Crippen MR) is 108 cm³/mol. The molecule has 7 heteroatoms. The molecule has 0 bridgehead atoms. The van der Waals surface area contributed by atoms with Gasteiger partial charge < -0.3 is 24.6 Å². The lowest BCUT2D eigenvalue weighted by molar-refractivity contribution is 0.0256. The van der Waals surface area contributed by atoms with Crippen LogP contribution in [0, 0.1) is 5.41 Å². The summed E-state index contributed by atoms with van der Waals surface area (Å²) in [5.74, 6) is 0.946. The van der Waals surface area contributed by atoms with Crippen LogP contribution >= 0.6 is 0 Å². The summed E-state index contributed by atoms with van der Waals surface area (Å²) in [6, 6.07) is 0. The van der Waals surface area contributed by atoms with E-state index in [4.69, 9.17) is 14.5 Å². The highest BCUT2D eigenvalue weighted by Crippen LogP contribution is 2.38. The first-order valence-electron chi connectivity index (χ1n) is 10.4. The van der Waals surface area contributed by atoms with Crippen LogP contribution in [0.1, 0.15) is 53.9 Å². The van der Waals surface area contributed by atoms with Gasteiger partial charge in [0.2, 0.25) is 0 Å². The molecule has 156 valence electrons. The van der Waals surface area contributed by atoms with E-state index in [1.807, 2.05) is 20.8 Å². The van der Waals surface area contributed by atoms with Gasteiger partial charge in [0.05, 0.1) is 13.2 Å². The van der Waals surface area contributed by atoms with E-state index in [1.54, 1.807) is 4.90 Å². The number of carbonyl (C=O) groups is 1. The lowest BCUT2D eigenvalue weighted by Crippen LogP contribution is -2.42. The molecule has 2 saturated heterocycles. The standard InChI is InChI=1S/C20H38N4O3/c1-6-11-23(18(25)27-19(3,4)5)13-10-22-17(21-7-2)24-12-8-20(15-24)9-14-26-16-20/h6-16H2,1-5H3,(H,21,22). The highest BCUT2D eigenvalue weighted by molar-refractivity contribution is 5.80. The Labute approximate surface area is 164 Å². The number of amides is 1. The van der Waals surface area contributed by atoms with E-state index in [0.29, 0.717) is 25.0 Å². The van der Waals surface area contributed by atoms with Crippen LogP contribution in [0.25, 0.3) is 0 Å². The fourth-order valence-corrected chi connectivity index (χ4v) is 3.68. The van der Waals surface area contributed by atoms with Crippen LogP contribution < -0.4 is 5.32 Å². The Morgan fingerprint density at radius 1 is 1.30 bits per heavy atom. The molecule has 2 rings (SSSR count). The van der Waals surface area contributed by atoms with Gasteiger partial charge in [-0.1, -0.05) is 6.92 Å². The van der Waals surface area contributed by atoms with Gasteiger partial charge in [-0.3, -0.25) is 4.99 Å². The van der Waals surface area contributed by atoms with Crippen molar-refractivity contribution in [2.24, 2.45) is 10.4 Å². The zero-order valence-electron chi connectivity index (χ0n) is 17.8. The van der Waals surface area contributed by atoms with E-state index in [-0.39, 0.29) is 6.09 Å². The minimum absolute atomic E-state index is 0.257. The predicted octanol–water partition coefficient (Wildman–Crippen LogP) is 2.71. The first-order valence-corrected chi connectivity index (χ1v) is 10.4. The van der Waals surface area contributed by atoms with Gasteiger partial charge in [-0.05, 0) is 47.0 Å². The van der Waals surface area contributed by atoms with Crippen molar-refractivity contribution in [2.75, 3.05) is 52.5 Å². The van der Waals surface area contributed by atoms with E-state index in [2.05, 4.69) is 24.1 Å². The van der Waals surface area contributed by atoms with Crippen molar-refractivity contribution in [3.8, 4) is 0 Å². The molecular weight excluding hydrogens is 344 g/mol. The van der Waals surface area contributed by atoms with Gasteiger partial charge >= 0.3 is 6.09 Å². The number of likely N-dealkylation sites (tertiary alicyclic amines) is 1. The molecule has 2 aliphatic rings. The summed E-state index contributed by atoms with van der Waals surface area (Å²) in [5.41, 5.74) is -0.171. The third-order valence-electron chi connectivity index (χ3n) is 5.03. The lowest BCUT2D eigenvalue weighted by Gasteiger charge is -2.27. The molecule has 0 saturated carbocycles. The number of nitrogens with one attached hydrogen (secondary N) is 1. The van der Waals surface area contributed by atoms with E-state index < -0.39 is 5.60 Å². The van der Waals surface area contributed by atoms with Crippen molar-refractivity contribution in [3.05, 3.63) is 0 Å². The zero-order valence-corrected chi connectivity index (χ0v) is 17.8. The van der Waals surface area contributed by atoms with Gasteiger partial charge in [-0.15, -0.1) is 0 Å². The molecule has 0 radical (unpaired) electrons. The molecule has 1 spiro atoms. The minimum Gasteiger partial charge on any atom is -0.444 e. The van der Waals surface area contributed by atoms with E-state index in [9.17, 15) is 4.79 Å². The number of hydrogen-bond donors (Lipinski definition) is 1. The summed E-state index contributed by atoms with van der Waals surface area (Å²) >= 11 is 0. The Balaban J connectivity index is 1.93. The Bertz CT molecular complexity index is 510. The molecule has 1 amide bonds. The zero-order chi connectivity index (χ0) is 19.9. The van der Waals surface area contributed by atoms with Crippen LogP contribution in [0.4, 0.5) is 4.79 Å². The van der Waals surface area contributed by atoms with Crippen molar-refractivity contribution in [1.82, 2.24) is 15.1 Å². The summed E-state index contributed by atoms with van der Waals surface area (Å²) in [4.78, 5) is 21.3. The summed E-state index contributed by atoms with van der Waals surface area (Å²) in [6.45, 7) is 16.3. The van der Waals surface area contributed by atoms with Crippen LogP contribution in [0.2, 0.25) is 0 Å². The molecule has 1 unspecified atom stereocenters. The summed E-state index contributed by atoms with van der Waals surface area (Å²) in [5, 5.41) is 3.40. The molecular formula is C20H38N4O3. The van der Waals surface area contributed by atoms with Crippen LogP contribution in [-0.4, -0.2) is 79.9 Å². The second-order valence-electron chi connectivity index (χ2n) is 8.68. The Morgan fingerprint density at radius 2 is 2.07 bits per heavy atom. The largest absolute Gasteiger partial charge is 0.444 e. The van der Waals surface area contributed by atoms with E-state index in [1.165, 1.54) is 0 Å². The van der Waals surface area contributed by atoms with Gasteiger partial charge in [0.1, 0.15) is 5.60 Å². The third kappa shape index (κ3) is 6.55. The topological polar surface area (TPSA) is 66.4 Å². The van der Waals surface area contributed by atoms with E-state index in [0.717, 1.165) is 58.1 Å². The normalized spacial score (nSPS) is 23.1. The second-order valence-corrected chi connectivity index (χ2v) is 8.68. The molecule has 27 heavy (non-hydrogen) atoms. The summed E-state index contributed by atoms with van der Waals surface area (Å²) in [6.07, 6.45) is 2.95. The van der Waals surface area contributed by atoms with Crippen LogP contribution in [0.15, 0.2) is 4.99 Å². The molecule has 2 fully saturated rings. The number of aliphatic imine (C=N–C) groups is 1. The number of carbonyl (C=O) groups excluding carboxylic acids is 1. The lowest BCUT2D eigenvalue weighted by atomic mass is 9.87. The van der Waals surface area contributed by atoms with Crippen molar-refractivity contribution in [2.45, 2.75) is 59.5 Å². The number of rotatable bonds is 6. The summed E-state index contributed by atoms with van der Waals surface area (Å²) in [7, 11) is 0. The van der Waals surface area contributed by atoms with Crippen LogP contribution in [0.3, 0.4) is 0 Å². The maximum atomic E-state index is 12.4. The second kappa shape index (κ2) is 9.62. The highest BCUT2D eigenvalue weighted by Gasteiger charge is 2.42. The monoisotopic (exact) mass is 382 g/mol. The number of nitrogens with zero attached hydrogens (tertiary/aromatic N) is 3. The molecule has 7 nitrogen and oxygen atoms in total. The number of ether oxygens (including phenoxy) is 2. The minimum atomic E-state index is -0.478. The SMILES string of the molecule is CCCN(CCN=C(NCC)N1CCC2(CCOC2)C1)C(=O)OC(C)(C)C. The van der Waals surface area contributed by atoms with Gasteiger partial charge in [0.15, 0.2) is 5.96 Å². The highest BCUT2D eigenvalue weighted by atomic mass is 16.6. The average Bonchev–Trinajstić information content (AvgIpc) is 3.22. The Hall–Kier alpha value is -1.50. The first kappa shape index (κ1) is 21.8.